The molecule has 3 aromatic rings. The van der Waals surface area contributed by atoms with E-state index >= 15 is 0 Å². The van der Waals surface area contributed by atoms with Crippen LogP contribution in [0.2, 0.25) is 0 Å². The van der Waals surface area contributed by atoms with Crippen molar-refractivity contribution in [3.8, 4) is 11.5 Å². The van der Waals surface area contributed by atoms with Crippen molar-refractivity contribution in [2.24, 2.45) is 0 Å². The largest absolute Gasteiger partial charge is 0.454 e. The molecule has 2 aromatic carbocycles. The summed E-state index contributed by atoms with van der Waals surface area (Å²) in [6.07, 6.45) is 6.09. The highest BCUT2D eigenvalue weighted by Crippen LogP contribution is 2.32. The molecule has 0 atom stereocenters. The van der Waals surface area contributed by atoms with E-state index in [0.717, 1.165) is 23.3 Å². The van der Waals surface area contributed by atoms with Crippen LogP contribution in [0.25, 0.3) is 17.0 Å². The maximum absolute atomic E-state index is 12.0. The molecule has 0 fully saturated rings. The first kappa shape index (κ1) is 15.3. The van der Waals surface area contributed by atoms with Gasteiger partial charge in [0.25, 0.3) is 0 Å². The van der Waals surface area contributed by atoms with Gasteiger partial charge in [-0.15, -0.1) is 0 Å². The average molecular weight is 334 g/mol. The number of carbonyl (C=O) groups is 1. The summed E-state index contributed by atoms with van der Waals surface area (Å²) in [5, 5.41) is 4.11. The minimum absolute atomic E-state index is 0.113. The minimum Gasteiger partial charge on any atom is -0.454 e. The topological polar surface area (TPSA) is 63.4 Å². The summed E-state index contributed by atoms with van der Waals surface area (Å²) in [5.41, 5.74) is 3.22. The van der Waals surface area contributed by atoms with E-state index in [1.807, 2.05) is 42.6 Å². The van der Waals surface area contributed by atoms with E-state index < -0.39 is 0 Å². The van der Waals surface area contributed by atoms with Gasteiger partial charge in [0.05, 0.1) is 0 Å². The van der Waals surface area contributed by atoms with Crippen molar-refractivity contribution < 1.29 is 14.3 Å². The van der Waals surface area contributed by atoms with E-state index in [1.54, 1.807) is 6.08 Å². The van der Waals surface area contributed by atoms with Gasteiger partial charge in [0.1, 0.15) is 0 Å². The Morgan fingerprint density at radius 2 is 2.04 bits per heavy atom. The number of rotatable bonds is 5. The molecule has 0 saturated heterocycles. The highest BCUT2D eigenvalue weighted by atomic mass is 16.7. The van der Waals surface area contributed by atoms with Crippen LogP contribution in [-0.2, 0) is 11.2 Å². The molecular weight excluding hydrogens is 316 g/mol. The van der Waals surface area contributed by atoms with Gasteiger partial charge in [-0.1, -0.05) is 24.3 Å². The van der Waals surface area contributed by atoms with Crippen molar-refractivity contribution in [2.75, 3.05) is 13.3 Å². The second-order valence-corrected chi connectivity index (χ2v) is 5.85. The summed E-state index contributed by atoms with van der Waals surface area (Å²) in [7, 11) is 0. The van der Waals surface area contributed by atoms with E-state index in [0.29, 0.717) is 12.3 Å². The molecular formula is C20H18N2O3. The van der Waals surface area contributed by atoms with Crippen molar-refractivity contribution in [3.05, 3.63) is 65.9 Å². The van der Waals surface area contributed by atoms with Crippen LogP contribution in [-0.4, -0.2) is 24.2 Å². The molecule has 0 saturated carbocycles. The molecule has 0 bridgehead atoms. The van der Waals surface area contributed by atoms with Gasteiger partial charge in [-0.05, 0) is 41.8 Å². The van der Waals surface area contributed by atoms with Gasteiger partial charge >= 0.3 is 0 Å². The zero-order valence-electron chi connectivity index (χ0n) is 13.6. The molecule has 2 heterocycles. The number of carbonyl (C=O) groups excluding carboxylic acids is 1. The van der Waals surface area contributed by atoms with Gasteiger partial charge < -0.3 is 19.8 Å². The number of aromatic amines is 1. The van der Waals surface area contributed by atoms with E-state index in [-0.39, 0.29) is 12.7 Å². The summed E-state index contributed by atoms with van der Waals surface area (Å²) < 4.78 is 10.6. The van der Waals surface area contributed by atoms with Gasteiger partial charge in [-0.25, -0.2) is 0 Å². The Morgan fingerprint density at radius 3 is 3.00 bits per heavy atom. The number of aromatic nitrogens is 1. The number of H-pyrrole nitrogens is 1. The molecule has 1 amide bonds. The summed E-state index contributed by atoms with van der Waals surface area (Å²) in [6, 6.07) is 13.8. The Morgan fingerprint density at radius 1 is 1.16 bits per heavy atom. The van der Waals surface area contributed by atoms with Gasteiger partial charge in [0.2, 0.25) is 12.7 Å². The predicted octanol–water partition coefficient (Wildman–Crippen LogP) is 3.27. The lowest BCUT2D eigenvalue weighted by molar-refractivity contribution is -0.116. The van der Waals surface area contributed by atoms with Crippen LogP contribution < -0.4 is 14.8 Å². The van der Waals surface area contributed by atoms with Crippen LogP contribution >= 0.6 is 0 Å². The number of benzene rings is 2. The Kier molecular flexibility index (Phi) is 4.12. The second-order valence-electron chi connectivity index (χ2n) is 5.85. The van der Waals surface area contributed by atoms with Gasteiger partial charge in [0.15, 0.2) is 11.5 Å². The van der Waals surface area contributed by atoms with E-state index in [1.165, 1.54) is 17.0 Å². The fourth-order valence-electron chi connectivity index (χ4n) is 2.91. The summed E-state index contributed by atoms with van der Waals surface area (Å²) in [6.45, 7) is 0.836. The number of nitrogens with one attached hydrogen (secondary N) is 2. The van der Waals surface area contributed by atoms with Gasteiger partial charge in [0, 0.05) is 29.7 Å². The first-order valence-electron chi connectivity index (χ1n) is 8.20. The first-order valence-corrected chi connectivity index (χ1v) is 8.20. The Hall–Kier alpha value is -3.21. The van der Waals surface area contributed by atoms with Gasteiger partial charge in [-0.3, -0.25) is 4.79 Å². The molecule has 126 valence electrons. The molecule has 4 rings (SSSR count). The average Bonchev–Trinajstić information content (AvgIpc) is 3.26. The molecule has 0 radical (unpaired) electrons. The molecule has 0 aliphatic carbocycles. The molecule has 1 aliphatic heterocycles. The molecule has 5 nitrogen and oxygen atoms in total. The van der Waals surface area contributed by atoms with E-state index in [4.69, 9.17) is 9.47 Å². The maximum atomic E-state index is 12.0. The van der Waals surface area contributed by atoms with Crippen molar-refractivity contribution in [1.82, 2.24) is 10.3 Å². The Labute approximate surface area is 145 Å². The minimum atomic E-state index is -0.113. The number of fused-ring (bicyclic) bond motifs is 2. The summed E-state index contributed by atoms with van der Waals surface area (Å²) in [4.78, 5) is 15.2. The zero-order chi connectivity index (χ0) is 17.1. The molecule has 5 heteroatoms. The monoisotopic (exact) mass is 334 g/mol. The van der Waals surface area contributed by atoms with Crippen molar-refractivity contribution in [1.29, 1.82) is 0 Å². The third-order valence-electron chi connectivity index (χ3n) is 4.19. The SMILES string of the molecule is O=C(/C=C/c1ccc2c(c1)OCO2)NCCc1c[nH]c2ccccc12. The Bertz CT molecular complexity index is 943. The molecule has 1 aromatic heterocycles. The fraction of sp³-hybridized carbons (Fsp3) is 0.150. The number of hydrogen-bond donors (Lipinski definition) is 2. The van der Waals surface area contributed by atoms with Crippen LogP contribution in [0.4, 0.5) is 0 Å². The highest BCUT2D eigenvalue weighted by Gasteiger charge is 2.12. The highest BCUT2D eigenvalue weighted by molar-refractivity contribution is 5.91. The summed E-state index contributed by atoms with van der Waals surface area (Å²) >= 11 is 0. The number of para-hydroxylation sites is 1. The lowest BCUT2D eigenvalue weighted by atomic mass is 10.1. The molecule has 1 aliphatic rings. The van der Waals surface area contributed by atoms with Crippen LogP contribution in [0, 0.1) is 0 Å². The molecule has 2 N–H and O–H groups in total. The second kappa shape index (κ2) is 6.73. The van der Waals surface area contributed by atoms with Crippen LogP contribution in [0.15, 0.2) is 54.7 Å². The quantitative estimate of drug-likeness (QED) is 0.704. The summed E-state index contributed by atoms with van der Waals surface area (Å²) in [5.74, 6) is 1.33. The standard InChI is InChI=1S/C20H18N2O3/c23-20(8-6-14-5-7-18-19(11-14)25-13-24-18)21-10-9-15-12-22-17-4-2-1-3-16(15)17/h1-8,11-12,22H,9-10,13H2,(H,21,23)/b8-6+. The predicted molar refractivity (Wildman–Crippen MR) is 96.6 cm³/mol. The third kappa shape index (κ3) is 3.35. The number of amides is 1. The smallest absolute Gasteiger partial charge is 0.244 e. The third-order valence-corrected chi connectivity index (χ3v) is 4.19. The van der Waals surface area contributed by atoms with E-state index in [9.17, 15) is 4.79 Å². The fourth-order valence-corrected chi connectivity index (χ4v) is 2.91. The molecule has 0 spiro atoms. The number of hydrogen-bond acceptors (Lipinski definition) is 3. The van der Waals surface area contributed by atoms with E-state index in [2.05, 4.69) is 16.4 Å². The van der Waals surface area contributed by atoms with Crippen molar-refractivity contribution >= 4 is 22.9 Å². The van der Waals surface area contributed by atoms with Crippen LogP contribution in [0.3, 0.4) is 0 Å². The lowest BCUT2D eigenvalue weighted by Gasteiger charge is -2.02. The Balaban J connectivity index is 1.32. The normalized spacial score (nSPS) is 12.8. The van der Waals surface area contributed by atoms with Crippen LogP contribution in [0.5, 0.6) is 11.5 Å². The van der Waals surface area contributed by atoms with Crippen molar-refractivity contribution in [3.63, 3.8) is 0 Å². The first-order chi connectivity index (χ1) is 12.3. The van der Waals surface area contributed by atoms with Crippen LogP contribution in [0.1, 0.15) is 11.1 Å². The lowest BCUT2D eigenvalue weighted by Crippen LogP contribution is -2.23. The molecule has 0 unspecified atom stereocenters. The maximum Gasteiger partial charge on any atom is 0.244 e. The molecule has 25 heavy (non-hydrogen) atoms. The van der Waals surface area contributed by atoms with Gasteiger partial charge in [-0.2, -0.15) is 0 Å². The van der Waals surface area contributed by atoms with Crippen molar-refractivity contribution in [2.45, 2.75) is 6.42 Å². The zero-order valence-corrected chi connectivity index (χ0v) is 13.6. The number of ether oxygens (including phenoxy) is 2.